The topological polar surface area (TPSA) is 29.1 Å². The third-order valence-electron chi connectivity index (χ3n) is 3.56. The zero-order valence-electron chi connectivity index (χ0n) is 12.7. The molecule has 2 rings (SSSR count). The summed E-state index contributed by atoms with van der Waals surface area (Å²) in [6, 6.07) is 14.3. The third kappa shape index (κ3) is 4.84. The van der Waals surface area contributed by atoms with Crippen LogP contribution in [0, 0.1) is 0 Å². The maximum absolute atomic E-state index is 12.9. The van der Waals surface area contributed by atoms with E-state index in [1.807, 2.05) is 30.3 Å². The van der Waals surface area contributed by atoms with E-state index < -0.39 is 17.6 Å². The van der Waals surface area contributed by atoms with E-state index in [0.29, 0.717) is 6.42 Å². The van der Waals surface area contributed by atoms with Crippen molar-refractivity contribution in [1.82, 2.24) is 5.32 Å². The Hall–Kier alpha value is -2.30. The van der Waals surface area contributed by atoms with Gasteiger partial charge in [-0.25, -0.2) is 0 Å². The highest BCUT2D eigenvalue weighted by Crippen LogP contribution is 2.31. The molecule has 0 spiro atoms. The van der Waals surface area contributed by atoms with Gasteiger partial charge in [-0.3, -0.25) is 4.79 Å². The fraction of sp³-hybridized carbons (Fsp3) is 0.278. The minimum Gasteiger partial charge on any atom is -0.350 e. The molecule has 2 aromatic carbocycles. The second-order valence-corrected chi connectivity index (χ2v) is 5.44. The molecule has 0 radical (unpaired) electrons. The average molecular weight is 321 g/mol. The van der Waals surface area contributed by atoms with Crippen molar-refractivity contribution in [2.45, 2.75) is 32.0 Å². The minimum atomic E-state index is -4.54. The predicted molar refractivity (Wildman–Crippen MR) is 83.1 cm³/mol. The molecule has 1 amide bonds. The van der Waals surface area contributed by atoms with Crippen molar-refractivity contribution in [3.05, 3.63) is 71.3 Å². The molecule has 0 aliphatic rings. The molecule has 2 nitrogen and oxygen atoms in total. The fourth-order valence-electron chi connectivity index (χ4n) is 2.33. The Bertz CT molecular complexity index is 653. The SMILES string of the molecule is CC(CCc1ccccc1)NC(=O)c1ccccc1C(F)(F)F. The largest absolute Gasteiger partial charge is 0.417 e. The predicted octanol–water partition coefficient (Wildman–Crippen LogP) is 4.46. The van der Waals surface area contributed by atoms with Crippen LogP contribution in [0.4, 0.5) is 13.2 Å². The molecule has 0 fully saturated rings. The molecule has 5 heteroatoms. The summed E-state index contributed by atoms with van der Waals surface area (Å²) >= 11 is 0. The van der Waals surface area contributed by atoms with Gasteiger partial charge >= 0.3 is 6.18 Å². The van der Waals surface area contributed by atoms with Gasteiger partial charge < -0.3 is 5.32 Å². The Labute approximate surface area is 133 Å². The molecule has 23 heavy (non-hydrogen) atoms. The maximum Gasteiger partial charge on any atom is 0.417 e. The zero-order chi connectivity index (χ0) is 16.9. The summed E-state index contributed by atoms with van der Waals surface area (Å²) in [7, 11) is 0. The number of aryl methyl sites for hydroxylation is 1. The lowest BCUT2D eigenvalue weighted by Gasteiger charge is -2.16. The first-order valence-electron chi connectivity index (χ1n) is 7.39. The molecule has 0 aliphatic heterocycles. The smallest absolute Gasteiger partial charge is 0.350 e. The molecule has 0 aromatic heterocycles. The standard InChI is InChI=1S/C18H18F3NO/c1-13(11-12-14-7-3-2-4-8-14)22-17(23)15-9-5-6-10-16(15)18(19,20)21/h2-10,13H,11-12H2,1H3,(H,22,23). The minimum absolute atomic E-state index is 0.219. The first-order valence-corrected chi connectivity index (χ1v) is 7.39. The van der Waals surface area contributed by atoms with Crippen molar-refractivity contribution >= 4 is 5.91 Å². The third-order valence-corrected chi connectivity index (χ3v) is 3.56. The van der Waals surface area contributed by atoms with Crippen LogP contribution in [-0.4, -0.2) is 11.9 Å². The number of alkyl halides is 3. The van der Waals surface area contributed by atoms with Crippen molar-refractivity contribution in [2.75, 3.05) is 0 Å². The van der Waals surface area contributed by atoms with Crippen LogP contribution in [0.15, 0.2) is 54.6 Å². The molecule has 2 aromatic rings. The van der Waals surface area contributed by atoms with E-state index in [1.54, 1.807) is 6.92 Å². The number of rotatable bonds is 5. The van der Waals surface area contributed by atoms with E-state index in [4.69, 9.17) is 0 Å². The van der Waals surface area contributed by atoms with Crippen molar-refractivity contribution in [3.8, 4) is 0 Å². The molecule has 0 bridgehead atoms. The first-order chi connectivity index (χ1) is 10.9. The van der Waals surface area contributed by atoms with Crippen LogP contribution in [0.3, 0.4) is 0 Å². The lowest BCUT2D eigenvalue weighted by atomic mass is 10.0. The summed E-state index contributed by atoms with van der Waals surface area (Å²) in [5.41, 5.74) is -0.122. The van der Waals surface area contributed by atoms with Crippen molar-refractivity contribution < 1.29 is 18.0 Å². The van der Waals surface area contributed by atoms with Gasteiger partial charge in [0.25, 0.3) is 5.91 Å². The van der Waals surface area contributed by atoms with Gasteiger partial charge in [0.1, 0.15) is 0 Å². The van der Waals surface area contributed by atoms with Crippen LogP contribution < -0.4 is 5.32 Å². The molecule has 122 valence electrons. The van der Waals surface area contributed by atoms with Crippen molar-refractivity contribution in [1.29, 1.82) is 0 Å². The first kappa shape index (κ1) is 17.1. The van der Waals surface area contributed by atoms with Crippen LogP contribution in [0.1, 0.15) is 34.8 Å². The van der Waals surface area contributed by atoms with E-state index >= 15 is 0 Å². The van der Waals surface area contributed by atoms with E-state index in [0.717, 1.165) is 18.1 Å². The van der Waals surface area contributed by atoms with E-state index in [2.05, 4.69) is 5.32 Å². The quantitative estimate of drug-likeness (QED) is 0.866. The van der Waals surface area contributed by atoms with Gasteiger partial charge in [0.05, 0.1) is 11.1 Å². The molecule has 1 N–H and O–H groups in total. The summed E-state index contributed by atoms with van der Waals surface area (Å²) in [6.45, 7) is 1.79. The molecular formula is C18H18F3NO. The summed E-state index contributed by atoms with van der Waals surface area (Å²) in [5, 5.41) is 2.64. The van der Waals surface area contributed by atoms with Gasteiger partial charge in [0.15, 0.2) is 0 Å². The highest BCUT2D eigenvalue weighted by molar-refractivity contribution is 5.96. The van der Waals surface area contributed by atoms with Gasteiger partial charge in [-0.2, -0.15) is 13.2 Å². The second kappa shape index (κ2) is 7.31. The summed E-state index contributed by atoms with van der Waals surface area (Å²) in [6.07, 6.45) is -3.13. The highest BCUT2D eigenvalue weighted by Gasteiger charge is 2.34. The number of hydrogen-bond acceptors (Lipinski definition) is 1. The Morgan fingerprint density at radius 2 is 1.65 bits per heavy atom. The lowest BCUT2D eigenvalue weighted by Crippen LogP contribution is -2.34. The number of benzene rings is 2. The van der Waals surface area contributed by atoms with Crippen LogP contribution in [0.2, 0.25) is 0 Å². The van der Waals surface area contributed by atoms with Gasteiger partial charge in [0.2, 0.25) is 0 Å². The number of amides is 1. The summed E-state index contributed by atoms with van der Waals surface area (Å²) < 4.78 is 38.8. The van der Waals surface area contributed by atoms with E-state index in [1.165, 1.54) is 18.2 Å². The number of carbonyl (C=O) groups excluding carboxylic acids is 1. The normalized spacial score (nSPS) is 12.7. The Kier molecular flexibility index (Phi) is 5.42. The van der Waals surface area contributed by atoms with Gasteiger partial charge in [-0.15, -0.1) is 0 Å². The Morgan fingerprint density at radius 1 is 1.04 bits per heavy atom. The van der Waals surface area contributed by atoms with Crippen molar-refractivity contribution in [3.63, 3.8) is 0 Å². The second-order valence-electron chi connectivity index (χ2n) is 5.44. The van der Waals surface area contributed by atoms with Crippen LogP contribution in [0.5, 0.6) is 0 Å². The summed E-state index contributed by atoms with van der Waals surface area (Å²) in [4.78, 5) is 12.1. The number of carbonyl (C=O) groups is 1. The van der Waals surface area contributed by atoms with Crippen LogP contribution in [-0.2, 0) is 12.6 Å². The Morgan fingerprint density at radius 3 is 2.30 bits per heavy atom. The van der Waals surface area contributed by atoms with Crippen LogP contribution in [0.25, 0.3) is 0 Å². The van der Waals surface area contributed by atoms with Gasteiger partial charge in [-0.1, -0.05) is 42.5 Å². The molecule has 1 unspecified atom stereocenters. The molecular weight excluding hydrogens is 303 g/mol. The van der Waals surface area contributed by atoms with Crippen molar-refractivity contribution in [2.24, 2.45) is 0 Å². The molecule has 1 atom stereocenters. The van der Waals surface area contributed by atoms with Gasteiger partial charge in [-0.05, 0) is 37.5 Å². The van der Waals surface area contributed by atoms with E-state index in [9.17, 15) is 18.0 Å². The molecule has 0 aliphatic carbocycles. The lowest BCUT2D eigenvalue weighted by molar-refractivity contribution is -0.137. The number of hydrogen-bond donors (Lipinski definition) is 1. The maximum atomic E-state index is 12.9. The van der Waals surface area contributed by atoms with E-state index in [-0.39, 0.29) is 11.6 Å². The molecule has 0 heterocycles. The highest BCUT2D eigenvalue weighted by atomic mass is 19.4. The average Bonchev–Trinajstić information content (AvgIpc) is 2.53. The fourth-order valence-corrected chi connectivity index (χ4v) is 2.33. The van der Waals surface area contributed by atoms with Crippen LogP contribution >= 0.6 is 0 Å². The Balaban J connectivity index is 1.99. The molecule has 0 saturated carbocycles. The number of halogens is 3. The summed E-state index contributed by atoms with van der Waals surface area (Å²) in [5.74, 6) is -0.696. The van der Waals surface area contributed by atoms with Gasteiger partial charge in [0, 0.05) is 6.04 Å². The number of nitrogens with one attached hydrogen (secondary N) is 1. The monoisotopic (exact) mass is 321 g/mol. The zero-order valence-corrected chi connectivity index (χ0v) is 12.7. The molecule has 0 saturated heterocycles.